The Morgan fingerprint density at radius 1 is 1.20 bits per heavy atom. The average molecular weight is 315 g/mol. The molecule has 1 aliphatic rings. The highest BCUT2D eigenvalue weighted by atomic mass is 35.5. The van der Waals surface area contributed by atoms with E-state index in [1.54, 1.807) is 0 Å². The first kappa shape index (κ1) is 16.1. The molecule has 2 nitrogen and oxygen atoms in total. The second kappa shape index (κ2) is 6.65. The summed E-state index contributed by atoms with van der Waals surface area (Å²) in [5, 5.41) is 4.74. The zero-order valence-corrected chi connectivity index (χ0v) is 14.1. The lowest BCUT2D eigenvalue weighted by Crippen LogP contribution is -2.57. The highest BCUT2D eigenvalue weighted by Crippen LogP contribution is 2.28. The maximum atomic E-state index is 6.12. The minimum absolute atomic E-state index is 0.136. The van der Waals surface area contributed by atoms with Gasteiger partial charge in [0.1, 0.15) is 0 Å². The molecule has 1 fully saturated rings. The number of nitrogens with one attached hydrogen (secondary N) is 1. The van der Waals surface area contributed by atoms with Crippen LogP contribution in [0.5, 0.6) is 0 Å². The monoisotopic (exact) mass is 314 g/mol. The van der Waals surface area contributed by atoms with Crippen molar-refractivity contribution in [2.45, 2.75) is 44.7 Å². The summed E-state index contributed by atoms with van der Waals surface area (Å²) in [6, 6.07) is 6.32. The molecule has 4 heteroatoms. The third-order valence-corrected chi connectivity index (χ3v) is 5.29. The van der Waals surface area contributed by atoms with Gasteiger partial charge in [0.2, 0.25) is 0 Å². The smallest absolute Gasteiger partial charge is 0.0595 e. The summed E-state index contributed by atoms with van der Waals surface area (Å²) >= 11 is 12.1. The van der Waals surface area contributed by atoms with E-state index in [-0.39, 0.29) is 5.54 Å². The van der Waals surface area contributed by atoms with Crippen LogP contribution in [0.25, 0.3) is 0 Å². The van der Waals surface area contributed by atoms with Crippen molar-refractivity contribution in [3.8, 4) is 0 Å². The lowest BCUT2D eigenvalue weighted by Gasteiger charge is -2.42. The molecule has 1 heterocycles. The van der Waals surface area contributed by atoms with Crippen molar-refractivity contribution >= 4 is 23.2 Å². The fraction of sp³-hybridized carbons (Fsp3) is 0.625. The average Bonchev–Trinajstić information content (AvgIpc) is 2.94. The van der Waals surface area contributed by atoms with Gasteiger partial charge in [-0.25, -0.2) is 0 Å². The molecular weight excluding hydrogens is 291 g/mol. The van der Waals surface area contributed by atoms with Crippen molar-refractivity contribution < 1.29 is 0 Å². The number of benzene rings is 1. The molecule has 1 aromatic carbocycles. The van der Waals surface area contributed by atoms with Crippen molar-refractivity contribution in [1.29, 1.82) is 0 Å². The van der Waals surface area contributed by atoms with E-state index in [1.807, 2.05) is 19.2 Å². The van der Waals surface area contributed by atoms with Crippen LogP contribution in [0.4, 0.5) is 0 Å². The van der Waals surface area contributed by atoms with Gasteiger partial charge in [-0.1, -0.05) is 29.3 Å². The molecule has 1 N–H and O–H groups in total. The molecule has 0 aromatic heterocycles. The molecule has 0 saturated carbocycles. The highest BCUT2D eigenvalue weighted by Gasteiger charge is 2.35. The van der Waals surface area contributed by atoms with Crippen LogP contribution in [0.1, 0.15) is 32.3 Å². The van der Waals surface area contributed by atoms with Crippen molar-refractivity contribution in [2.75, 3.05) is 20.1 Å². The van der Waals surface area contributed by atoms with Crippen LogP contribution in [0.2, 0.25) is 10.0 Å². The van der Waals surface area contributed by atoms with Crippen LogP contribution in [0.15, 0.2) is 18.2 Å². The molecule has 1 atom stereocenters. The number of likely N-dealkylation sites (N-methyl/N-ethyl adjacent to an activating group) is 1. The zero-order chi connectivity index (χ0) is 14.8. The quantitative estimate of drug-likeness (QED) is 0.883. The van der Waals surface area contributed by atoms with E-state index in [9.17, 15) is 0 Å². The van der Waals surface area contributed by atoms with E-state index in [4.69, 9.17) is 23.2 Å². The predicted octanol–water partition coefficient (Wildman–Crippen LogP) is 4.00. The van der Waals surface area contributed by atoms with E-state index in [2.05, 4.69) is 30.1 Å². The Balaban J connectivity index is 2.13. The summed E-state index contributed by atoms with van der Waals surface area (Å²) in [7, 11) is 2.04. The standard InChI is InChI=1S/C16H24Cl2N2/c1-16(2,20-8-4-5-9-20)15(19-3)11-12-6-7-13(17)14(18)10-12/h6-7,10,15,19H,4-5,8-9,11H2,1-3H3. The van der Waals surface area contributed by atoms with Gasteiger partial charge in [0.25, 0.3) is 0 Å². The van der Waals surface area contributed by atoms with Gasteiger partial charge < -0.3 is 5.32 Å². The van der Waals surface area contributed by atoms with Gasteiger partial charge in [0.15, 0.2) is 0 Å². The molecule has 2 rings (SSSR count). The number of likely N-dealkylation sites (tertiary alicyclic amines) is 1. The van der Waals surface area contributed by atoms with Gasteiger partial charge >= 0.3 is 0 Å². The summed E-state index contributed by atoms with van der Waals surface area (Å²) in [6.45, 7) is 7.06. The third-order valence-electron chi connectivity index (χ3n) is 4.55. The summed E-state index contributed by atoms with van der Waals surface area (Å²) in [5.74, 6) is 0. The molecule has 0 aliphatic carbocycles. The van der Waals surface area contributed by atoms with E-state index < -0.39 is 0 Å². The first-order chi connectivity index (χ1) is 9.45. The molecular formula is C16H24Cl2N2. The highest BCUT2D eigenvalue weighted by molar-refractivity contribution is 6.42. The molecule has 0 amide bonds. The Labute approximate surface area is 132 Å². The van der Waals surface area contributed by atoms with Gasteiger partial charge in [-0.3, -0.25) is 4.90 Å². The summed E-state index contributed by atoms with van der Waals surface area (Å²) in [5.41, 5.74) is 1.36. The van der Waals surface area contributed by atoms with E-state index in [0.717, 1.165) is 6.42 Å². The topological polar surface area (TPSA) is 15.3 Å². The van der Waals surface area contributed by atoms with Crippen molar-refractivity contribution in [1.82, 2.24) is 10.2 Å². The van der Waals surface area contributed by atoms with Crippen LogP contribution in [0.3, 0.4) is 0 Å². The molecule has 1 aliphatic heterocycles. The number of rotatable bonds is 5. The third kappa shape index (κ3) is 3.48. The first-order valence-electron chi connectivity index (χ1n) is 7.31. The lowest BCUT2D eigenvalue weighted by atomic mass is 9.88. The molecule has 0 spiro atoms. The largest absolute Gasteiger partial charge is 0.315 e. The minimum Gasteiger partial charge on any atom is -0.315 e. The Kier molecular flexibility index (Phi) is 5.36. The van der Waals surface area contributed by atoms with E-state index in [1.165, 1.54) is 31.5 Å². The minimum atomic E-state index is 0.136. The summed E-state index contributed by atoms with van der Waals surface area (Å²) in [6.07, 6.45) is 3.58. The molecule has 0 radical (unpaired) electrons. The molecule has 1 aromatic rings. The van der Waals surface area contributed by atoms with Crippen molar-refractivity contribution in [3.05, 3.63) is 33.8 Å². The van der Waals surface area contributed by atoms with Gasteiger partial charge in [0, 0.05) is 11.6 Å². The second-order valence-electron chi connectivity index (χ2n) is 6.14. The zero-order valence-electron chi connectivity index (χ0n) is 12.5. The van der Waals surface area contributed by atoms with E-state index >= 15 is 0 Å². The first-order valence-corrected chi connectivity index (χ1v) is 8.07. The molecule has 1 saturated heterocycles. The molecule has 0 bridgehead atoms. The maximum Gasteiger partial charge on any atom is 0.0595 e. The normalized spacial score (nSPS) is 18.4. The summed E-state index contributed by atoms with van der Waals surface area (Å²) in [4.78, 5) is 2.59. The number of hydrogen-bond acceptors (Lipinski definition) is 2. The SMILES string of the molecule is CNC(Cc1ccc(Cl)c(Cl)c1)C(C)(C)N1CCCC1. The van der Waals surface area contributed by atoms with Crippen LogP contribution >= 0.6 is 23.2 Å². The van der Waals surface area contributed by atoms with Crippen LogP contribution in [-0.4, -0.2) is 36.6 Å². The maximum absolute atomic E-state index is 6.12. The van der Waals surface area contributed by atoms with Gasteiger partial charge in [-0.05, 0) is 70.9 Å². The van der Waals surface area contributed by atoms with E-state index in [0.29, 0.717) is 16.1 Å². The Morgan fingerprint density at radius 2 is 1.85 bits per heavy atom. The number of nitrogens with zero attached hydrogens (tertiary/aromatic N) is 1. The van der Waals surface area contributed by atoms with Gasteiger partial charge in [-0.2, -0.15) is 0 Å². The Hall–Kier alpha value is -0.280. The lowest BCUT2D eigenvalue weighted by molar-refractivity contribution is 0.110. The van der Waals surface area contributed by atoms with Gasteiger partial charge in [-0.15, -0.1) is 0 Å². The van der Waals surface area contributed by atoms with Crippen LogP contribution in [0, 0.1) is 0 Å². The number of halogens is 2. The summed E-state index contributed by atoms with van der Waals surface area (Å²) < 4.78 is 0. The van der Waals surface area contributed by atoms with Crippen molar-refractivity contribution in [2.24, 2.45) is 0 Å². The molecule has 112 valence electrons. The molecule has 20 heavy (non-hydrogen) atoms. The Morgan fingerprint density at radius 3 is 2.40 bits per heavy atom. The predicted molar refractivity (Wildman–Crippen MR) is 87.9 cm³/mol. The number of hydrogen-bond donors (Lipinski definition) is 1. The second-order valence-corrected chi connectivity index (χ2v) is 6.96. The van der Waals surface area contributed by atoms with Crippen molar-refractivity contribution in [3.63, 3.8) is 0 Å². The fourth-order valence-electron chi connectivity index (χ4n) is 3.12. The molecule has 1 unspecified atom stereocenters. The Bertz CT molecular complexity index is 454. The van der Waals surface area contributed by atoms with Crippen LogP contribution in [-0.2, 0) is 6.42 Å². The fourth-order valence-corrected chi connectivity index (χ4v) is 3.44. The van der Waals surface area contributed by atoms with Crippen LogP contribution < -0.4 is 5.32 Å². The van der Waals surface area contributed by atoms with Gasteiger partial charge in [0.05, 0.1) is 10.0 Å².